The molecule has 0 radical (unpaired) electrons. The monoisotopic (exact) mass is 286 g/mol. The lowest BCUT2D eigenvalue weighted by Crippen LogP contribution is -2.12. The molecule has 4 heteroatoms. The summed E-state index contributed by atoms with van der Waals surface area (Å²) in [7, 11) is 0. The van der Waals surface area contributed by atoms with E-state index in [1.54, 1.807) is 0 Å². The molecule has 0 fully saturated rings. The van der Waals surface area contributed by atoms with Crippen LogP contribution in [0.2, 0.25) is 0 Å². The van der Waals surface area contributed by atoms with Crippen molar-refractivity contribution in [2.45, 2.75) is 51.9 Å². The van der Waals surface area contributed by atoms with Gasteiger partial charge in [-0.15, -0.1) is 11.3 Å². The largest absolute Gasteiger partial charge is 0.294 e. The molecule has 0 saturated carbocycles. The average molecular weight is 286 g/mol. The first-order chi connectivity index (χ1) is 9.74. The van der Waals surface area contributed by atoms with Crippen molar-refractivity contribution in [3.05, 3.63) is 33.6 Å². The standard InChI is InChI=1S/C16H18N2OS/c1-10-9-11-13(6-4-7-14(11)19)18(10)16-17-12-5-2-3-8-15(12)20-16/h9H,2-8H2,1H3. The number of aromatic nitrogens is 2. The number of fused-ring (bicyclic) bond motifs is 2. The van der Waals surface area contributed by atoms with E-state index in [9.17, 15) is 4.79 Å². The van der Waals surface area contributed by atoms with E-state index in [1.807, 2.05) is 11.3 Å². The molecule has 2 aliphatic rings. The molecule has 2 aliphatic carbocycles. The van der Waals surface area contributed by atoms with Crippen molar-refractivity contribution in [2.75, 3.05) is 0 Å². The fourth-order valence-electron chi connectivity index (χ4n) is 3.43. The second-order valence-corrected chi connectivity index (χ2v) is 6.89. The minimum atomic E-state index is 0.300. The topological polar surface area (TPSA) is 34.9 Å². The smallest absolute Gasteiger partial charge is 0.194 e. The van der Waals surface area contributed by atoms with Gasteiger partial charge in [0.25, 0.3) is 0 Å². The lowest BCUT2D eigenvalue weighted by molar-refractivity contribution is 0.0972. The van der Waals surface area contributed by atoms with Gasteiger partial charge in [-0.05, 0) is 51.5 Å². The molecule has 0 bridgehead atoms. The molecule has 0 saturated heterocycles. The number of nitrogens with zero attached hydrogens (tertiary/aromatic N) is 2. The van der Waals surface area contributed by atoms with Crippen LogP contribution in [0.3, 0.4) is 0 Å². The Balaban J connectivity index is 1.86. The Bertz CT molecular complexity index is 672. The van der Waals surface area contributed by atoms with Gasteiger partial charge in [0.15, 0.2) is 10.9 Å². The predicted octanol–water partition coefficient (Wildman–Crippen LogP) is 3.64. The first-order valence-electron chi connectivity index (χ1n) is 7.47. The molecule has 0 atom stereocenters. The zero-order valence-electron chi connectivity index (χ0n) is 11.7. The van der Waals surface area contributed by atoms with Crippen LogP contribution in [0.1, 0.15) is 58.0 Å². The minimum absolute atomic E-state index is 0.300. The lowest BCUT2D eigenvalue weighted by Gasteiger charge is -2.13. The number of rotatable bonds is 1. The Morgan fingerprint density at radius 2 is 2.00 bits per heavy atom. The third-order valence-electron chi connectivity index (χ3n) is 4.43. The molecule has 0 aromatic carbocycles. The van der Waals surface area contributed by atoms with Gasteiger partial charge in [-0.1, -0.05) is 0 Å². The Labute approximate surface area is 122 Å². The lowest BCUT2D eigenvalue weighted by atomic mass is 9.97. The van der Waals surface area contributed by atoms with Gasteiger partial charge in [0, 0.05) is 28.2 Å². The number of carbonyl (C=O) groups is 1. The normalized spacial score (nSPS) is 17.9. The SMILES string of the molecule is Cc1cc2c(n1-c1nc3c(s1)CCCC3)CCCC2=O. The first kappa shape index (κ1) is 12.3. The number of carbonyl (C=O) groups excluding carboxylic acids is 1. The molecular weight excluding hydrogens is 268 g/mol. The summed E-state index contributed by atoms with van der Waals surface area (Å²) in [5.74, 6) is 0.300. The van der Waals surface area contributed by atoms with E-state index < -0.39 is 0 Å². The molecule has 0 unspecified atom stereocenters. The van der Waals surface area contributed by atoms with E-state index in [0.29, 0.717) is 12.2 Å². The quantitative estimate of drug-likeness (QED) is 0.802. The molecule has 2 heterocycles. The van der Waals surface area contributed by atoms with E-state index >= 15 is 0 Å². The van der Waals surface area contributed by atoms with Gasteiger partial charge in [-0.2, -0.15) is 0 Å². The van der Waals surface area contributed by atoms with Crippen molar-refractivity contribution in [3.63, 3.8) is 0 Å². The maximum atomic E-state index is 12.0. The molecule has 3 nitrogen and oxygen atoms in total. The summed E-state index contributed by atoms with van der Waals surface area (Å²) in [4.78, 5) is 18.4. The summed E-state index contributed by atoms with van der Waals surface area (Å²) in [6.45, 7) is 2.09. The Kier molecular flexibility index (Phi) is 2.81. The van der Waals surface area contributed by atoms with Gasteiger partial charge in [0.05, 0.1) is 5.69 Å². The molecule has 0 amide bonds. The summed E-state index contributed by atoms with van der Waals surface area (Å²) in [6, 6.07) is 2.05. The zero-order chi connectivity index (χ0) is 13.7. The van der Waals surface area contributed by atoms with Crippen molar-refractivity contribution in [2.24, 2.45) is 0 Å². The maximum absolute atomic E-state index is 12.0. The van der Waals surface area contributed by atoms with Crippen molar-refractivity contribution in [1.29, 1.82) is 0 Å². The van der Waals surface area contributed by atoms with Crippen molar-refractivity contribution >= 4 is 17.1 Å². The van der Waals surface area contributed by atoms with Gasteiger partial charge in [-0.25, -0.2) is 4.98 Å². The second kappa shape index (κ2) is 4.55. The highest BCUT2D eigenvalue weighted by molar-refractivity contribution is 7.14. The van der Waals surface area contributed by atoms with Crippen LogP contribution in [0, 0.1) is 6.92 Å². The van der Waals surface area contributed by atoms with E-state index in [2.05, 4.69) is 17.6 Å². The van der Waals surface area contributed by atoms with Crippen molar-refractivity contribution in [1.82, 2.24) is 9.55 Å². The molecule has 0 N–H and O–H groups in total. The van der Waals surface area contributed by atoms with E-state index in [-0.39, 0.29) is 0 Å². The molecular formula is C16H18N2OS. The Morgan fingerprint density at radius 3 is 2.85 bits per heavy atom. The third-order valence-corrected chi connectivity index (χ3v) is 5.57. The van der Waals surface area contributed by atoms with E-state index in [4.69, 9.17) is 4.98 Å². The molecule has 2 aromatic heterocycles. The zero-order valence-corrected chi connectivity index (χ0v) is 12.6. The number of aryl methyl sites for hydroxylation is 3. The molecule has 0 spiro atoms. The van der Waals surface area contributed by atoms with Crippen LogP contribution in [0.5, 0.6) is 0 Å². The maximum Gasteiger partial charge on any atom is 0.194 e. The fourth-order valence-corrected chi connectivity index (χ4v) is 4.66. The Morgan fingerprint density at radius 1 is 1.15 bits per heavy atom. The summed E-state index contributed by atoms with van der Waals surface area (Å²) in [6.07, 6.45) is 7.51. The third kappa shape index (κ3) is 1.78. The van der Waals surface area contributed by atoms with Crippen molar-refractivity contribution < 1.29 is 4.79 Å². The molecule has 20 heavy (non-hydrogen) atoms. The Hall–Kier alpha value is -1.42. The average Bonchev–Trinajstić information content (AvgIpc) is 2.99. The summed E-state index contributed by atoms with van der Waals surface area (Å²) in [5, 5.41) is 1.07. The molecule has 104 valence electrons. The van der Waals surface area contributed by atoms with Gasteiger partial charge in [0.1, 0.15) is 0 Å². The van der Waals surface area contributed by atoms with Crippen LogP contribution < -0.4 is 0 Å². The molecule has 2 aromatic rings. The first-order valence-corrected chi connectivity index (χ1v) is 8.29. The van der Waals surface area contributed by atoms with Crippen LogP contribution in [-0.2, 0) is 19.3 Å². The molecule has 4 rings (SSSR count). The number of Topliss-reactive ketones (excluding diaryl/α,β-unsaturated/α-hetero) is 1. The minimum Gasteiger partial charge on any atom is -0.294 e. The highest BCUT2D eigenvalue weighted by Gasteiger charge is 2.25. The summed E-state index contributed by atoms with van der Waals surface area (Å²) >= 11 is 1.82. The van der Waals surface area contributed by atoms with Crippen LogP contribution >= 0.6 is 11.3 Å². The van der Waals surface area contributed by atoms with Gasteiger partial charge < -0.3 is 0 Å². The number of ketones is 1. The van der Waals surface area contributed by atoms with Gasteiger partial charge in [-0.3, -0.25) is 9.36 Å². The van der Waals surface area contributed by atoms with E-state index in [0.717, 1.165) is 35.7 Å². The van der Waals surface area contributed by atoms with Gasteiger partial charge >= 0.3 is 0 Å². The molecule has 0 aliphatic heterocycles. The van der Waals surface area contributed by atoms with Crippen LogP contribution in [0.4, 0.5) is 0 Å². The van der Waals surface area contributed by atoms with E-state index in [1.165, 1.54) is 35.5 Å². The predicted molar refractivity (Wildman–Crippen MR) is 80.1 cm³/mol. The van der Waals surface area contributed by atoms with Crippen LogP contribution in [0.25, 0.3) is 5.13 Å². The number of hydrogen-bond acceptors (Lipinski definition) is 3. The van der Waals surface area contributed by atoms with Gasteiger partial charge in [0.2, 0.25) is 0 Å². The number of thiazole rings is 1. The summed E-state index contributed by atoms with van der Waals surface area (Å²) < 4.78 is 2.23. The fraction of sp³-hybridized carbons (Fsp3) is 0.500. The summed E-state index contributed by atoms with van der Waals surface area (Å²) in [5.41, 5.74) is 4.56. The van der Waals surface area contributed by atoms with Crippen LogP contribution in [-0.4, -0.2) is 15.3 Å². The highest BCUT2D eigenvalue weighted by Crippen LogP contribution is 2.33. The van der Waals surface area contributed by atoms with Crippen molar-refractivity contribution in [3.8, 4) is 5.13 Å². The second-order valence-electron chi connectivity index (χ2n) is 5.83. The van der Waals surface area contributed by atoms with Crippen LogP contribution in [0.15, 0.2) is 6.07 Å². The highest BCUT2D eigenvalue weighted by atomic mass is 32.1. The number of hydrogen-bond donors (Lipinski definition) is 0.